The molecule has 32 heavy (non-hydrogen) atoms. The van der Waals surface area contributed by atoms with Gasteiger partial charge in [-0.05, 0) is 24.1 Å². The minimum Gasteiger partial charge on any atom is -0.433 e. The van der Waals surface area contributed by atoms with E-state index in [4.69, 9.17) is 10.5 Å². The smallest absolute Gasteiger partial charge is 0.387 e. The number of carbonyl (C=O) groups excluding carboxylic acids is 3. The lowest BCUT2D eigenvalue weighted by molar-refractivity contribution is -0.133. The van der Waals surface area contributed by atoms with E-state index in [1.807, 2.05) is 20.8 Å². The van der Waals surface area contributed by atoms with E-state index >= 15 is 0 Å². The first-order valence-corrected chi connectivity index (χ1v) is 10.2. The van der Waals surface area contributed by atoms with Crippen LogP contribution >= 0.6 is 0 Å². The Kier molecular flexibility index (Phi) is 8.51. The third kappa shape index (κ3) is 6.86. The molecule has 0 radical (unpaired) electrons. The standard InChI is InChI=1S/C21H30F2N4O5/c1-5-26(12-21(2,3)4)17(18(24)29)19(30)25-13-6-7-14(15(10-13)32-20(22)23)27-8-9-31-11-16(27)28/h6-7,10,17,20H,5,8-9,11-12H2,1-4H3,(H2,24,29)(H,25,30)/t17-/m0/s1. The average molecular weight is 456 g/mol. The zero-order valence-electron chi connectivity index (χ0n) is 18.7. The van der Waals surface area contributed by atoms with Crippen molar-refractivity contribution in [3.63, 3.8) is 0 Å². The maximum Gasteiger partial charge on any atom is 0.387 e. The second-order valence-electron chi connectivity index (χ2n) is 8.58. The van der Waals surface area contributed by atoms with Gasteiger partial charge in [0.2, 0.25) is 5.91 Å². The van der Waals surface area contributed by atoms with Crippen LogP contribution in [0.4, 0.5) is 20.2 Å². The van der Waals surface area contributed by atoms with E-state index in [2.05, 4.69) is 10.1 Å². The highest BCUT2D eigenvalue weighted by Gasteiger charge is 2.33. The number of hydrogen-bond acceptors (Lipinski definition) is 6. The van der Waals surface area contributed by atoms with E-state index in [1.165, 1.54) is 23.1 Å². The van der Waals surface area contributed by atoms with E-state index in [0.29, 0.717) is 13.1 Å². The third-order valence-corrected chi connectivity index (χ3v) is 4.69. The molecule has 9 nitrogen and oxygen atoms in total. The monoisotopic (exact) mass is 456 g/mol. The second-order valence-corrected chi connectivity index (χ2v) is 8.58. The lowest BCUT2D eigenvalue weighted by Crippen LogP contribution is -2.54. The van der Waals surface area contributed by atoms with E-state index < -0.39 is 30.4 Å². The lowest BCUT2D eigenvalue weighted by Gasteiger charge is -2.33. The summed E-state index contributed by atoms with van der Waals surface area (Å²) in [6.07, 6.45) is 0. The number of ether oxygens (including phenoxy) is 2. The molecule has 1 aromatic rings. The molecule has 0 saturated carbocycles. The number of alkyl halides is 2. The number of nitrogens with two attached hydrogens (primary N) is 1. The van der Waals surface area contributed by atoms with Gasteiger partial charge >= 0.3 is 6.61 Å². The summed E-state index contributed by atoms with van der Waals surface area (Å²) >= 11 is 0. The van der Waals surface area contributed by atoms with Gasteiger partial charge in [-0.25, -0.2) is 0 Å². The fourth-order valence-corrected chi connectivity index (χ4v) is 3.46. The number of rotatable bonds is 9. The number of nitrogens with zero attached hydrogens (tertiary/aromatic N) is 2. The molecule has 178 valence electrons. The predicted molar refractivity (Wildman–Crippen MR) is 115 cm³/mol. The molecule has 0 spiro atoms. The Morgan fingerprint density at radius 2 is 2.03 bits per heavy atom. The van der Waals surface area contributed by atoms with Crippen LogP contribution in [0.1, 0.15) is 27.7 Å². The van der Waals surface area contributed by atoms with Crippen LogP contribution in [0, 0.1) is 5.41 Å². The summed E-state index contributed by atoms with van der Waals surface area (Å²) in [4.78, 5) is 40.0. The maximum absolute atomic E-state index is 13.0. The van der Waals surface area contributed by atoms with E-state index in [0.717, 1.165) is 0 Å². The Hall–Kier alpha value is -2.79. The largest absolute Gasteiger partial charge is 0.433 e. The minimum atomic E-state index is -3.14. The van der Waals surface area contributed by atoms with Crippen LogP contribution in [0.3, 0.4) is 0 Å². The molecule has 2 rings (SSSR count). The number of nitrogens with one attached hydrogen (secondary N) is 1. The SMILES string of the molecule is CCN(CC(C)(C)C)[C@@H](C(N)=O)C(=O)Nc1ccc(N2CCOCC2=O)c(OC(F)F)c1. The van der Waals surface area contributed by atoms with Gasteiger partial charge in [-0.3, -0.25) is 19.3 Å². The Balaban J connectivity index is 2.30. The Morgan fingerprint density at radius 1 is 1.34 bits per heavy atom. The Bertz CT molecular complexity index is 844. The van der Waals surface area contributed by atoms with Crippen LogP contribution in [0.5, 0.6) is 5.75 Å². The summed E-state index contributed by atoms with van der Waals surface area (Å²) in [6, 6.07) is 2.76. The van der Waals surface area contributed by atoms with Gasteiger partial charge in [0.25, 0.3) is 11.8 Å². The molecule has 0 aliphatic carbocycles. The zero-order chi connectivity index (χ0) is 24.1. The van der Waals surface area contributed by atoms with Gasteiger partial charge < -0.3 is 25.4 Å². The number of likely N-dealkylation sites (N-methyl/N-ethyl adjacent to an activating group) is 1. The molecule has 1 saturated heterocycles. The lowest BCUT2D eigenvalue weighted by atomic mass is 9.95. The molecular weight excluding hydrogens is 426 g/mol. The number of amides is 3. The number of benzene rings is 1. The first kappa shape index (κ1) is 25.5. The molecule has 0 unspecified atom stereocenters. The Morgan fingerprint density at radius 3 is 2.56 bits per heavy atom. The number of carbonyl (C=O) groups is 3. The van der Waals surface area contributed by atoms with Crippen LogP contribution in [0.2, 0.25) is 0 Å². The summed E-state index contributed by atoms with van der Waals surface area (Å²) in [5.41, 5.74) is 5.55. The van der Waals surface area contributed by atoms with Crippen molar-refractivity contribution in [3.8, 4) is 5.75 Å². The fourth-order valence-electron chi connectivity index (χ4n) is 3.46. The van der Waals surface area contributed by atoms with Gasteiger partial charge in [0, 0.05) is 24.8 Å². The van der Waals surface area contributed by atoms with Gasteiger partial charge in [0.15, 0.2) is 11.8 Å². The van der Waals surface area contributed by atoms with Crippen molar-refractivity contribution in [2.45, 2.75) is 40.3 Å². The van der Waals surface area contributed by atoms with Crippen molar-refractivity contribution in [2.75, 3.05) is 43.1 Å². The molecule has 1 aromatic carbocycles. The van der Waals surface area contributed by atoms with Gasteiger partial charge in [-0.15, -0.1) is 0 Å². The summed E-state index contributed by atoms with van der Waals surface area (Å²) < 4.78 is 35.6. The first-order valence-electron chi connectivity index (χ1n) is 10.2. The highest BCUT2D eigenvalue weighted by atomic mass is 19.3. The van der Waals surface area contributed by atoms with E-state index in [-0.39, 0.29) is 42.3 Å². The van der Waals surface area contributed by atoms with Crippen LogP contribution in [0.25, 0.3) is 0 Å². The normalized spacial score (nSPS) is 15.8. The highest BCUT2D eigenvalue weighted by molar-refractivity contribution is 6.09. The minimum absolute atomic E-state index is 0.119. The molecule has 3 amide bonds. The second kappa shape index (κ2) is 10.7. The predicted octanol–water partition coefficient (Wildman–Crippen LogP) is 1.81. The molecule has 1 atom stereocenters. The molecule has 11 heteroatoms. The summed E-state index contributed by atoms with van der Waals surface area (Å²) in [5, 5.41) is 2.54. The number of anilines is 2. The van der Waals surface area contributed by atoms with Crippen molar-refractivity contribution >= 4 is 29.1 Å². The van der Waals surface area contributed by atoms with Crippen molar-refractivity contribution in [2.24, 2.45) is 11.1 Å². The number of primary amides is 1. The van der Waals surface area contributed by atoms with E-state index in [1.54, 1.807) is 11.8 Å². The van der Waals surface area contributed by atoms with Gasteiger partial charge in [-0.2, -0.15) is 8.78 Å². The quantitative estimate of drug-likeness (QED) is 0.548. The topological polar surface area (TPSA) is 114 Å². The van der Waals surface area contributed by atoms with Crippen LogP contribution in [-0.2, 0) is 19.1 Å². The fraction of sp³-hybridized carbons (Fsp3) is 0.571. The Labute approximate surface area is 185 Å². The molecule has 0 bridgehead atoms. The van der Waals surface area contributed by atoms with Crippen LogP contribution < -0.4 is 20.7 Å². The molecule has 1 heterocycles. The molecule has 3 N–H and O–H groups in total. The van der Waals surface area contributed by atoms with Crippen molar-refractivity contribution in [3.05, 3.63) is 18.2 Å². The zero-order valence-corrected chi connectivity index (χ0v) is 18.7. The molecule has 0 aromatic heterocycles. The highest BCUT2D eigenvalue weighted by Crippen LogP contribution is 2.33. The number of hydrogen-bond donors (Lipinski definition) is 2. The van der Waals surface area contributed by atoms with Crippen LogP contribution in [-0.4, -0.2) is 68.1 Å². The molecule has 1 fully saturated rings. The van der Waals surface area contributed by atoms with E-state index in [9.17, 15) is 23.2 Å². The van der Waals surface area contributed by atoms with Gasteiger partial charge in [0.05, 0.1) is 12.3 Å². The summed E-state index contributed by atoms with van der Waals surface area (Å²) in [7, 11) is 0. The third-order valence-electron chi connectivity index (χ3n) is 4.69. The summed E-state index contributed by atoms with van der Waals surface area (Å²) in [6.45, 7) is 5.63. The van der Waals surface area contributed by atoms with Crippen molar-refractivity contribution in [1.82, 2.24) is 4.90 Å². The van der Waals surface area contributed by atoms with Gasteiger partial charge in [-0.1, -0.05) is 27.7 Å². The van der Waals surface area contributed by atoms with Gasteiger partial charge in [0.1, 0.15) is 6.61 Å². The summed E-state index contributed by atoms with van der Waals surface area (Å²) in [5.74, 6) is -2.21. The number of halogens is 2. The number of morpholine rings is 1. The average Bonchev–Trinajstić information content (AvgIpc) is 2.66. The maximum atomic E-state index is 13.0. The van der Waals surface area contributed by atoms with Crippen molar-refractivity contribution in [1.29, 1.82) is 0 Å². The molecular formula is C21H30F2N4O5. The van der Waals surface area contributed by atoms with Crippen LogP contribution in [0.15, 0.2) is 18.2 Å². The molecule has 1 aliphatic rings. The van der Waals surface area contributed by atoms with Crippen molar-refractivity contribution < 1.29 is 32.6 Å². The molecule has 1 aliphatic heterocycles. The first-order chi connectivity index (χ1) is 14.9.